The Morgan fingerprint density at radius 1 is 1.24 bits per heavy atom. The number of nitriles is 1. The predicted octanol–water partition coefficient (Wildman–Crippen LogP) is 1.97. The van der Waals surface area contributed by atoms with Crippen LogP contribution in [0.4, 0.5) is 19.0 Å². The molecule has 12 nitrogen and oxygen atoms in total. The number of nitrogens with two attached hydrogens (primary N) is 1. The number of nitrogens with one attached hydrogen (secondary N) is 1. The average molecular weight is 536 g/mol. The predicted molar refractivity (Wildman–Crippen MR) is 120 cm³/mol. The molecule has 1 aromatic carbocycles. The molecule has 37 heavy (non-hydrogen) atoms. The quantitative estimate of drug-likeness (QED) is 0.435. The summed E-state index contributed by atoms with van der Waals surface area (Å²) in [5.74, 6) is -2.33. The van der Waals surface area contributed by atoms with Crippen molar-refractivity contribution in [2.24, 2.45) is 5.41 Å². The van der Waals surface area contributed by atoms with Crippen LogP contribution >= 0.6 is 0 Å². The van der Waals surface area contributed by atoms with E-state index in [1.807, 2.05) is 6.92 Å². The number of aryl methyl sites for hydroxylation is 1. The number of hydrogen-bond acceptors (Lipinski definition) is 9. The molecule has 3 fully saturated rings. The number of nitrogen functional groups attached to an aromatic ring is 1. The number of sulfonamides is 1. The number of aromatic nitrogens is 5. The van der Waals surface area contributed by atoms with Gasteiger partial charge in [-0.25, -0.2) is 27.9 Å². The number of alkyl halides is 3. The van der Waals surface area contributed by atoms with Crippen LogP contribution in [0, 0.1) is 23.7 Å². The van der Waals surface area contributed by atoms with Gasteiger partial charge in [0.25, 0.3) is 0 Å². The van der Waals surface area contributed by atoms with Gasteiger partial charge in [-0.1, -0.05) is 6.07 Å². The summed E-state index contributed by atoms with van der Waals surface area (Å²) in [5, 5.41) is 24.3. The van der Waals surface area contributed by atoms with Gasteiger partial charge in [-0.15, -0.1) is 4.80 Å². The van der Waals surface area contributed by atoms with Gasteiger partial charge in [0.05, 0.1) is 40.7 Å². The van der Waals surface area contributed by atoms with E-state index >= 15 is 0 Å². The summed E-state index contributed by atoms with van der Waals surface area (Å²) in [6.07, 6.45) is 1.11. The second-order valence-corrected chi connectivity index (χ2v) is 10.6. The number of rotatable bonds is 5. The van der Waals surface area contributed by atoms with E-state index in [0.29, 0.717) is 30.5 Å². The molecule has 0 saturated heterocycles. The van der Waals surface area contributed by atoms with Crippen LogP contribution in [0.2, 0.25) is 0 Å². The van der Waals surface area contributed by atoms with Crippen LogP contribution in [-0.2, 0) is 14.8 Å². The molecule has 0 unspecified atom stereocenters. The zero-order valence-electron chi connectivity index (χ0n) is 19.1. The largest absolute Gasteiger partial charge is 0.490 e. The first-order chi connectivity index (χ1) is 17.2. The van der Waals surface area contributed by atoms with Gasteiger partial charge >= 0.3 is 12.1 Å². The van der Waals surface area contributed by atoms with Crippen molar-refractivity contribution in [3.8, 4) is 23.1 Å². The molecule has 2 aromatic heterocycles. The maximum atomic E-state index is 13.0. The van der Waals surface area contributed by atoms with Crippen molar-refractivity contribution in [2.75, 3.05) is 5.73 Å². The van der Waals surface area contributed by atoms with Crippen LogP contribution in [0.3, 0.4) is 0 Å². The topological polar surface area (TPSA) is 190 Å². The average Bonchev–Trinajstić information content (AvgIpc) is 3.30. The maximum absolute atomic E-state index is 13.0. The molecule has 4 N–H and O–H groups in total. The van der Waals surface area contributed by atoms with E-state index in [9.17, 15) is 21.6 Å². The highest BCUT2D eigenvalue weighted by Crippen LogP contribution is 2.67. The molecule has 0 spiro atoms. The summed E-state index contributed by atoms with van der Waals surface area (Å²) in [6, 6.07) is 7.15. The Balaban J connectivity index is 0.000000405. The first kappa shape index (κ1) is 26.0. The van der Waals surface area contributed by atoms with Crippen LogP contribution in [0.5, 0.6) is 0 Å². The third-order valence-corrected chi connectivity index (χ3v) is 7.62. The Labute approximate surface area is 208 Å². The number of nitrogens with zero attached hydrogens (tertiary/aromatic N) is 6. The van der Waals surface area contributed by atoms with Crippen molar-refractivity contribution >= 4 is 21.8 Å². The number of carbonyl (C=O) groups is 1. The highest BCUT2D eigenvalue weighted by Gasteiger charge is 2.69. The van der Waals surface area contributed by atoms with Gasteiger partial charge in [0.2, 0.25) is 15.8 Å². The molecule has 3 aromatic rings. The SMILES string of the molecule is Cc1ccc(S(=O)(=O)NC23CC(C#N)(C2)C3)cc1-c1cnc(N)c(-n2nccn2)n1.O=C(O)C(F)(F)F. The maximum Gasteiger partial charge on any atom is 0.490 e. The molecular weight excluding hydrogens is 517 g/mol. The van der Waals surface area contributed by atoms with E-state index in [1.54, 1.807) is 18.2 Å². The molecule has 16 heteroatoms. The molecule has 0 aliphatic heterocycles. The number of benzene rings is 1. The smallest absolute Gasteiger partial charge is 0.475 e. The molecule has 3 aliphatic rings. The Morgan fingerprint density at radius 3 is 2.38 bits per heavy atom. The third kappa shape index (κ3) is 4.95. The molecule has 194 valence electrons. The minimum atomic E-state index is -5.08. The summed E-state index contributed by atoms with van der Waals surface area (Å²) >= 11 is 0. The van der Waals surface area contributed by atoms with Crippen molar-refractivity contribution < 1.29 is 31.5 Å². The molecule has 2 bridgehead atoms. The van der Waals surface area contributed by atoms with Crippen LogP contribution in [0.15, 0.2) is 41.7 Å². The van der Waals surface area contributed by atoms with E-state index in [1.165, 1.54) is 23.4 Å². The molecule has 0 atom stereocenters. The van der Waals surface area contributed by atoms with E-state index in [0.717, 1.165) is 5.56 Å². The number of aliphatic carboxylic acids is 1. The third-order valence-electron chi connectivity index (χ3n) is 6.05. The minimum absolute atomic E-state index is 0.135. The van der Waals surface area contributed by atoms with Gasteiger partial charge in [0.15, 0.2) is 5.82 Å². The van der Waals surface area contributed by atoms with Gasteiger partial charge < -0.3 is 10.8 Å². The molecule has 0 radical (unpaired) electrons. The molecular formula is C21H19F3N8O4S. The Hall–Kier alpha value is -4.10. The van der Waals surface area contributed by atoms with Crippen molar-refractivity contribution in [1.29, 1.82) is 5.26 Å². The number of anilines is 1. The lowest BCUT2D eigenvalue weighted by molar-refractivity contribution is -0.192. The van der Waals surface area contributed by atoms with Gasteiger partial charge in [-0.3, -0.25) is 0 Å². The number of halogens is 3. The highest BCUT2D eigenvalue weighted by atomic mass is 32.2. The fourth-order valence-electron chi connectivity index (χ4n) is 4.39. The Morgan fingerprint density at radius 2 is 1.84 bits per heavy atom. The molecule has 0 amide bonds. The molecule has 3 saturated carbocycles. The number of carboxylic acids is 1. The van der Waals surface area contributed by atoms with Gasteiger partial charge in [0.1, 0.15) is 0 Å². The summed E-state index contributed by atoms with van der Waals surface area (Å²) in [4.78, 5) is 19.0. The Bertz CT molecular complexity index is 1500. The van der Waals surface area contributed by atoms with Crippen LogP contribution in [0.25, 0.3) is 17.1 Å². The zero-order chi connectivity index (χ0) is 27.2. The van der Waals surface area contributed by atoms with Crippen molar-refractivity contribution in [2.45, 2.75) is 42.8 Å². The Kier molecular flexibility index (Phi) is 6.16. The summed E-state index contributed by atoms with van der Waals surface area (Å²) in [6.45, 7) is 1.86. The number of hydrogen-bond donors (Lipinski definition) is 3. The lowest BCUT2D eigenvalue weighted by atomic mass is 9.40. The lowest BCUT2D eigenvalue weighted by Gasteiger charge is -2.66. The monoisotopic (exact) mass is 536 g/mol. The van der Waals surface area contributed by atoms with Gasteiger partial charge in [-0.05, 0) is 43.9 Å². The van der Waals surface area contributed by atoms with Crippen molar-refractivity contribution in [3.63, 3.8) is 0 Å². The van der Waals surface area contributed by atoms with Crippen LogP contribution < -0.4 is 10.5 Å². The minimum Gasteiger partial charge on any atom is -0.475 e. The summed E-state index contributed by atoms with van der Waals surface area (Å²) < 4.78 is 60.5. The summed E-state index contributed by atoms with van der Waals surface area (Å²) in [5.41, 5.74) is 7.00. The zero-order valence-corrected chi connectivity index (χ0v) is 19.9. The standard InChI is InChI=1S/C19H18N8O2S.C2HF3O2/c1-12-2-3-13(30(28,29)26-19-8-18(9-19,10-19)11-20)6-14(12)15-7-22-16(21)17(25-15)27-23-4-5-24-27;3-2(4,5)1(6)7/h2-7,26H,8-10H2,1H3,(H2,21,22);(H,6,7). The molecule has 2 heterocycles. The fourth-order valence-corrected chi connectivity index (χ4v) is 5.82. The van der Waals surface area contributed by atoms with E-state index in [-0.39, 0.29) is 21.9 Å². The van der Waals surface area contributed by atoms with Gasteiger partial charge in [0, 0.05) is 11.1 Å². The molecule has 6 rings (SSSR count). The second-order valence-electron chi connectivity index (χ2n) is 8.87. The fraction of sp³-hybridized carbons (Fsp3) is 0.333. The number of carboxylic acid groups (broad SMARTS) is 1. The summed E-state index contributed by atoms with van der Waals surface area (Å²) in [7, 11) is -3.75. The van der Waals surface area contributed by atoms with E-state index < -0.39 is 27.7 Å². The normalized spacial score (nSPS) is 22.0. The lowest BCUT2D eigenvalue weighted by Crippen LogP contribution is -2.74. The second kappa shape index (κ2) is 8.78. The molecule has 3 aliphatic carbocycles. The van der Waals surface area contributed by atoms with Gasteiger partial charge in [-0.2, -0.15) is 28.6 Å². The van der Waals surface area contributed by atoms with Crippen LogP contribution in [0.1, 0.15) is 24.8 Å². The van der Waals surface area contributed by atoms with Crippen molar-refractivity contribution in [3.05, 3.63) is 42.4 Å². The van der Waals surface area contributed by atoms with Crippen LogP contribution in [-0.4, -0.2) is 56.2 Å². The first-order valence-corrected chi connectivity index (χ1v) is 12.0. The van der Waals surface area contributed by atoms with Crippen molar-refractivity contribution in [1.82, 2.24) is 29.7 Å². The van der Waals surface area contributed by atoms with E-state index in [2.05, 4.69) is 31.0 Å². The first-order valence-electron chi connectivity index (χ1n) is 10.5. The van der Waals surface area contributed by atoms with E-state index in [4.69, 9.17) is 20.9 Å². The highest BCUT2D eigenvalue weighted by molar-refractivity contribution is 7.89.